The molecule has 2 aliphatic rings. The Morgan fingerprint density at radius 1 is 1.22 bits per heavy atom. The van der Waals surface area contributed by atoms with E-state index in [1.54, 1.807) is 0 Å². The SMILES string of the molecule is CCC1(CC)CNC(C2CC2)CN1CCC(C)C. The van der Waals surface area contributed by atoms with Crippen molar-refractivity contribution in [2.24, 2.45) is 11.8 Å². The van der Waals surface area contributed by atoms with E-state index in [-0.39, 0.29) is 0 Å². The lowest BCUT2D eigenvalue weighted by Gasteiger charge is -2.50. The zero-order valence-electron chi connectivity index (χ0n) is 12.8. The smallest absolute Gasteiger partial charge is 0.0329 e. The molecule has 1 atom stereocenters. The Hall–Kier alpha value is -0.0800. The first-order chi connectivity index (χ1) is 8.61. The fraction of sp³-hybridized carbons (Fsp3) is 1.00. The Kier molecular flexibility index (Phi) is 4.71. The highest BCUT2D eigenvalue weighted by atomic mass is 15.3. The van der Waals surface area contributed by atoms with Gasteiger partial charge in [0.2, 0.25) is 0 Å². The normalized spacial score (nSPS) is 28.8. The molecule has 1 N–H and O–H groups in total. The Bertz CT molecular complexity index is 254. The molecule has 2 nitrogen and oxygen atoms in total. The fourth-order valence-electron chi connectivity index (χ4n) is 3.43. The maximum Gasteiger partial charge on any atom is 0.0329 e. The van der Waals surface area contributed by atoms with E-state index in [0.717, 1.165) is 17.9 Å². The molecule has 0 radical (unpaired) electrons. The van der Waals surface area contributed by atoms with Crippen molar-refractivity contribution < 1.29 is 0 Å². The van der Waals surface area contributed by atoms with E-state index in [0.29, 0.717) is 5.54 Å². The number of piperazine rings is 1. The van der Waals surface area contributed by atoms with Crippen LogP contribution in [0.3, 0.4) is 0 Å². The Morgan fingerprint density at radius 2 is 1.89 bits per heavy atom. The van der Waals surface area contributed by atoms with Crippen molar-refractivity contribution in [1.82, 2.24) is 10.2 Å². The van der Waals surface area contributed by atoms with Gasteiger partial charge in [0.05, 0.1) is 0 Å². The minimum Gasteiger partial charge on any atom is -0.311 e. The van der Waals surface area contributed by atoms with E-state index < -0.39 is 0 Å². The monoisotopic (exact) mass is 252 g/mol. The summed E-state index contributed by atoms with van der Waals surface area (Å²) in [7, 11) is 0. The van der Waals surface area contributed by atoms with Crippen molar-refractivity contribution in [3.63, 3.8) is 0 Å². The highest BCUT2D eigenvalue weighted by molar-refractivity contribution is 5.01. The van der Waals surface area contributed by atoms with Gasteiger partial charge in [-0.25, -0.2) is 0 Å². The van der Waals surface area contributed by atoms with Crippen molar-refractivity contribution in [1.29, 1.82) is 0 Å². The average Bonchev–Trinajstić information content (AvgIpc) is 3.20. The van der Waals surface area contributed by atoms with Gasteiger partial charge in [0.25, 0.3) is 0 Å². The first-order valence-electron chi connectivity index (χ1n) is 8.09. The summed E-state index contributed by atoms with van der Waals surface area (Å²) in [5.74, 6) is 1.81. The fourth-order valence-corrected chi connectivity index (χ4v) is 3.43. The lowest BCUT2D eigenvalue weighted by molar-refractivity contribution is 0.0238. The lowest BCUT2D eigenvalue weighted by Crippen LogP contribution is -2.64. The van der Waals surface area contributed by atoms with Gasteiger partial charge in [-0.2, -0.15) is 0 Å². The van der Waals surface area contributed by atoms with Crippen LogP contribution in [0, 0.1) is 11.8 Å². The molecular weight excluding hydrogens is 220 g/mol. The third kappa shape index (κ3) is 3.08. The standard InChI is InChI=1S/C16H32N2/c1-5-16(6-2)12-17-15(14-7-8-14)11-18(16)10-9-13(3)4/h13-15,17H,5-12H2,1-4H3. The quantitative estimate of drug-likeness (QED) is 0.780. The van der Waals surface area contributed by atoms with Crippen LogP contribution in [-0.2, 0) is 0 Å². The molecule has 0 aromatic carbocycles. The van der Waals surface area contributed by atoms with Crippen LogP contribution in [0.15, 0.2) is 0 Å². The molecule has 1 unspecified atom stereocenters. The summed E-state index contributed by atoms with van der Waals surface area (Å²) in [6.45, 7) is 13.2. The molecule has 1 heterocycles. The molecule has 0 amide bonds. The number of hydrogen-bond donors (Lipinski definition) is 1. The van der Waals surface area contributed by atoms with Crippen molar-refractivity contribution in [3.05, 3.63) is 0 Å². The van der Waals surface area contributed by atoms with Crippen LogP contribution in [0.25, 0.3) is 0 Å². The first kappa shape index (κ1) is 14.3. The van der Waals surface area contributed by atoms with E-state index in [2.05, 4.69) is 37.9 Å². The summed E-state index contributed by atoms with van der Waals surface area (Å²) in [4.78, 5) is 2.83. The second kappa shape index (κ2) is 5.92. The van der Waals surface area contributed by atoms with Crippen LogP contribution in [0.2, 0.25) is 0 Å². The molecule has 0 aromatic heterocycles. The number of nitrogens with one attached hydrogen (secondary N) is 1. The third-order valence-electron chi connectivity index (χ3n) is 5.26. The molecule has 0 aromatic rings. The molecule has 2 rings (SSSR count). The van der Waals surface area contributed by atoms with Crippen molar-refractivity contribution in [2.45, 2.75) is 71.4 Å². The van der Waals surface area contributed by atoms with Gasteiger partial charge in [-0.1, -0.05) is 27.7 Å². The molecule has 106 valence electrons. The molecule has 2 heteroatoms. The van der Waals surface area contributed by atoms with Gasteiger partial charge in [0.1, 0.15) is 0 Å². The zero-order chi connectivity index (χ0) is 13.2. The van der Waals surface area contributed by atoms with E-state index in [1.807, 2.05) is 0 Å². The number of nitrogens with zero attached hydrogens (tertiary/aromatic N) is 1. The van der Waals surface area contributed by atoms with Crippen LogP contribution < -0.4 is 5.32 Å². The predicted octanol–water partition coefficient (Wildman–Crippen LogP) is 3.28. The molecule has 1 aliphatic carbocycles. The second-order valence-electron chi connectivity index (χ2n) is 6.88. The van der Waals surface area contributed by atoms with Gasteiger partial charge in [0, 0.05) is 24.7 Å². The Labute approximate surface area is 114 Å². The third-order valence-corrected chi connectivity index (χ3v) is 5.26. The predicted molar refractivity (Wildman–Crippen MR) is 78.9 cm³/mol. The van der Waals surface area contributed by atoms with E-state index >= 15 is 0 Å². The molecule has 1 saturated carbocycles. The van der Waals surface area contributed by atoms with E-state index in [9.17, 15) is 0 Å². The topological polar surface area (TPSA) is 15.3 Å². The molecule has 0 spiro atoms. The van der Waals surface area contributed by atoms with E-state index in [1.165, 1.54) is 51.7 Å². The van der Waals surface area contributed by atoms with Gasteiger partial charge in [-0.15, -0.1) is 0 Å². The number of hydrogen-bond acceptors (Lipinski definition) is 2. The average molecular weight is 252 g/mol. The summed E-state index contributed by atoms with van der Waals surface area (Å²) >= 11 is 0. The minimum atomic E-state index is 0.431. The van der Waals surface area contributed by atoms with Crippen LogP contribution in [0.1, 0.15) is 59.8 Å². The van der Waals surface area contributed by atoms with Crippen molar-refractivity contribution in [3.8, 4) is 0 Å². The summed E-state index contributed by atoms with van der Waals surface area (Å²) in [5, 5.41) is 3.85. The highest BCUT2D eigenvalue weighted by Crippen LogP contribution is 2.37. The molecule has 0 bridgehead atoms. The van der Waals surface area contributed by atoms with Gasteiger partial charge in [0.15, 0.2) is 0 Å². The molecule has 18 heavy (non-hydrogen) atoms. The van der Waals surface area contributed by atoms with Crippen LogP contribution in [0.4, 0.5) is 0 Å². The maximum absolute atomic E-state index is 3.85. The molecule has 2 fully saturated rings. The second-order valence-corrected chi connectivity index (χ2v) is 6.88. The van der Waals surface area contributed by atoms with Crippen molar-refractivity contribution in [2.75, 3.05) is 19.6 Å². The molecule has 1 aliphatic heterocycles. The lowest BCUT2D eigenvalue weighted by atomic mass is 9.86. The number of rotatable bonds is 6. The molecular formula is C16H32N2. The van der Waals surface area contributed by atoms with Gasteiger partial charge < -0.3 is 5.32 Å². The largest absolute Gasteiger partial charge is 0.311 e. The zero-order valence-corrected chi connectivity index (χ0v) is 12.8. The summed E-state index contributed by atoms with van der Waals surface area (Å²) in [6, 6.07) is 0.781. The van der Waals surface area contributed by atoms with Crippen LogP contribution >= 0.6 is 0 Å². The first-order valence-corrected chi connectivity index (χ1v) is 8.09. The Morgan fingerprint density at radius 3 is 2.39 bits per heavy atom. The summed E-state index contributed by atoms with van der Waals surface area (Å²) in [5.41, 5.74) is 0.431. The van der Waals surface area contributed by atoms with Crippen LogP contribution in [0.5, 0.6) is 0 Å². The minimum absolute atomic E-state index is 0.431. The Balaban J connectivity index is 1.99. The molecule has 1 saturated heterocycles. The maximum atomic E-state index is 3.85. The van der Waals surface area contributed by atoms with E-state index in [4.69, 9.17) is 0 Å². The van der Waals surface area contributed by atoms with Gasteiger partial charge >= 0.3 is 0 Å². The van der Waals surface area contributed by atoms with Crippen molar-refractivity contribution >= 4 is 0 Å². The van der Waals surface area contributed by atoms with Gasteiger partial charge in [-0.05, 0) is 50.5 Å². The summed E-state index contributed by atoms with van der Waals surface area (Å²) < 4.78 is 0. The highest BCUT2D eigenvalue weighted by Gasteiger charge is 2.42. The van der Waals surface area contributed by atoms with Gasteiger partial charge in [-0.3, -0.25) is 4.90 Å². The van der Waals surface area contributed by atoms with Crippen LogP contribution in [-0.4, -0.2) is 36.1 Å². The summed E-state index contributed by atoms with van der Waals surface area (Å²) in [6.07, 6.45) is 6.83.